The maximum atomic E-state index is 11.0. The third-order valence-electron chi connectivity index (χ3n) is 3.39. The first kappa shape index (κ1) is 12.9. The predicted molar refractivity (Wildman–Crippen MR) is 74.6 cm³/mol. The summed E-state index contributed by atoms with van der Waals surface area (Å²) in [5.74, 6) is 0. The Morgan fingerprint density at radius 1 is 1.22 bits per heavy atom. The molecular weight excluding hydrogens is 246 g/mol. The Hall–Kier alpha value is -1.54. The van der Waals surface area contributed by atoms with E-state index in [0.29, 0.717) is 0 Å². The van der Waals surface area contributed by atoms with Gasteiger partial charge in [0, 0.05) is 22.0 Å². The van der Waals surface area contributed by atoms with E-state index in [0.717, 1.165) is 28.3 Å². The Labute approximate surface area is 112 Å². The summed E-state index contributed by atoms with van der Waals surface area (Å²) in [5.41, 5.74) is 4.04. The van der Waals surface area contributed by atoms with Crippen LogP contribution in [0.4, 0.5) is 0 Å². The number of hydrogen-bond acceptors (Lipinski definition) is 1. The molecule has 0 saturated carbocycles. The van der Waals surface area contributed by atoms with Crippen LogP contribution in [0.2, 0.25) is 5.02 Å². The quantitative estimate of drug-likeness (QED) is 0.760. The van der Waals surface area contributed by atoms with Crippen molar-refractivity contribution >= 4 is 17.9 Å². The number of carbonyl (C=O) groups excluding carboxylic acids is 1. The summed E-state index contributed by atoms with van der Waals surface area (Å²) in [6, 6.07) is 9.94. The van der Waals surface area contributed by atoms with Crippen LogP contribution in [0.3, 0.4) is 0 Å². The molecule has 0 radical (unpaired) electrons. The number of aromatic nitrogens is 1. The molecule has 1 aromatic carbocycles. The molecule has 94 valence electrons. The smallest absolute Gasteiger partial charge is 0.151 e. The van der Waals surface area contributed by atoms with Crippen molar-refractivity contribution < 1.29 is 4.79 Å². The Bertz CT molecular complexity index is 569. The van der Waals surface area contributed by atoms with Crippen molar-refractivity contribution in [3.63, 3.8) is 0 Å². The zero-order valence-corrected chi connectivity index (χ0v) is 11.5. The van der Waals surface area contributed by atoms with E-state index in [1.54, 1.807) is 0 Å². The molecule has 3 heteroatoms. The van der Waals surface area contributed by atoms with Gasteiger partial charge in [-0.25, -0.2) is 0 Å². The van der Waals surface area contributed by atoms with E-state index in [1.165, 1.54) is 5.56 Å². The molecule has 0 amide bonds. The number of aldehydes is 1. The second-order valence-corrected chi connectivity index (χ2v) is 4.98. The molecule has 1 aromatic heterocycles. The number of benzene rings is 1. The lowest BCUT2D eigenvalue weighted by atomic mass is 10.1. The van der Waals surface area contributed by atoms with Crippen LogP contribution < -0.4 is 0 Å². The summed E-state index contributed by atoms with van der Waals surface area (Å²) in [5, 5.41) is 0.737. The number of carbonyl (C=O) groups is 1. The topological polar surface area (TPSA) is 22.0 Å². The highest BCUT2D eigenvalue weighted by molar-refractivity contribution is 6.30. The normalized spacial score (nSPS) is 12.4. The standard InChI is InChI=1S/C15H16ClNO/c1-10-8-14(9-18)12(3)17(10)11(2)13-4-6-15(16)7-5-13/h4-9,11H,1-3H3. The third kappa shape index (κ3) is 2.21. The van der Waals surface area contributed by atoms with Gasteiger partial charge in [-0.2, -0.15) is 0 Å². The molecule has 1 unspecified atom stereocenters. The molecule has 2 aromatic rings. The van der Waals surface area contributed by atoms with Crippen LogP contribution >= 0.6 is 11.6 Å². The maximum Gasteiger partial charge on any atom is 0.151 e. The second-order valence-electron chi connectivity index (χ2n) is 4.54. The number of rotatable bonds is 3. The van der Waals surface area contributed by atoms with Gasteiger partial charge in [-0.3, -0.25) is 4.79 Å². The number of halogens is 1. The van der Waals surface area contributed by atoms with Crippen LogP contribution in [0.1, 0.15) is 40.3 Å². The first-order chi connectivity index (χ1) is 8.54. The second kappa shape index (κ2) is 4.99. The molecule has 0 N–H and O–H groups in total. The molecule has 0 aliphatic carbocycles. The third-order valence-corrected chi connectivity index (χ3v) is 3.64. The van der Waals surface area contributed by atoms with Gasteiger partial charge >= 0.3 is 0 Å². The van der Waals surface area contributed by atoms with Gasteiger partial charge in [0.2, 0.25) is 0 Å². The Morgan fingerprint density at radius 2 is 1.83 bits per heavy atom. The average Bonchev–Trinajstić information content (AvgIpc) is 2.64. The molecule has 1 atom stereocenters. The molecule has 0 spiro atoms. The van der Waals surface area contributed by atoms with Crippen molar-refractivity contribution in [2.75, 3.05) is 0 Å². The van der Waals surface area contributed by atoms with E-state index in [2.05, 4.69) is 11.5 Å². The van der Waals surface area contributed by atoms with E-state index in [4.69, 9.17) is 11.6 Å². The maximum absolute atomic E-state index is 11.0. The van der Waals surface area contributed by atoms with Gasteiger partial charge in [-0.1, -0.05) is 23.7 Å². The van der Waals surface area contributed by atoms with Gasteiger partial charge < -0.3 is 4.57 Å². The van der Waals surface area contributed by atoms with Crippen molar-refractivity contribution in [2.24, 2.45) is 0 Å². The lowest BCUT2D eigenvalue weighted by Crippen LogP contribution is -2.10. The molecule has 0 saturated heterocycles. The van der Waals surface area contributed by atoms with Crippen LogP contribution in [0.15, 0.2) is 30.3 Å². The van der Waals surface area contributed by atoms with Crippen LogP contribution in [0.25, 0.3) is 0 Å². The monoisotopic (exact) mass is 261 g/mol. The zero-order chi connectivity index (χ0) is 13.3. The average molecular weight is 262 g/mol. The first-order valence-corrected chi connectivity index (χ1v) is 6.31. The molecule has 0 aliphatic heterocycles. The molecule has 0 aliphatic rings. The SMILES string of the molecule is Cc1cc(C=O)c(C)n1C(C)c1ccc(Cl)cc1. The highest BCUT2D eigenvalue weighted by atomic mass is 35.5. The van der Waals surface area contributed by atoms with E-state index in [1.807, 2.05) is 44.2 Å². The fourth-order valence-electron chi connectivity index (χ4n) is 2.41. The largest absolute Gasteiger partial charge is 0.341 e. The molecule has 1 heterocycles. The first-order valence-electron chi connectivity index (χ1n) is 5.93. The van der Waals surface area contributed by atoms with Gasteiger partial charge in [-0.05, 0) is 44.5 Å². The minimum absolute atomic E-state index is 0.191. The van der Waals surface area contributed by atoms with Crippen molar-refractivity contribution in [2.45, 2.75) is 26.8 Å². The Kier molecular flexibility index (Phi) is 3.58. The molecule has 0 fully saturated rings. The number of nitrogens with zero attached hydrogens (tertiary/aromatic N) is 1. The molecule has 2 nitrogen and oxygen atoms in total. The van der Waals surface area contributed by atoms with Crippen molar-refractivity contribution in [3.05, 3.63) is 57.9 Å². The highest BCUT2D eigenvalue weighted by Gasteiger charge is 2.15. The Morgan fingerprint density at radius 3 is 2.33 bits per heavy atom. The number of aryl methyl sites for hydroxylation is 1. The minimum Gasteiger partial charge on any atom is -0.341 e. The van der Waals surface area contributed by atoms with Crippen molar-refractivity contribution in [1.29, 1.82) is 0 Å². The van der Waals surface area contributed by atoms with Crippen LogP contribution in [-0.2, 0) is 0 Å². The molecule has 0 bridgehead atoms. The van der Waals surface area contributed by atoms with Crippen LogP contribution in [0.5, 0.6) is 0 Å². The zero-order valence-electron chi connectivity index (χ0n) is 10.8. The number of hydrogen-bond donors (Lipinski definition) is 0. The van der Waals surface area contributed by atoms with Crippen molar-refractivity contribution in [3.8, 4) is 0 Å². The summed E-state index contributed by atoms with van der Waals surface area (Å²) in [7, 11) is 0. The predicted octanol–water partition coefficient (Wildman–Crippen LogP) is 4.18. The molecular formula is C15H16ClNO. The summed E-state index contributed by atoms with van der Waals surface area (Å²) in [6.45, 7) is 6.12. The van der Waals surface area contributed by atoms with Gasteiger partial charge in [0.1, 0.15) is 0 Å². The highest BCUT2D eigenvalue weighted by Crippen LogP contribution is 2.25. The van der Waals surface area contributed by atoms with Gasteiger partial charge in [0.05, 0.1) is 6.04 Å². The summed E-state index contributed by atoms with van der Waals surface area (Å²) in [6.07, 6.45) is 0.910. The summed E-state index contributed by atoms with van der Waals surface area (Å²) >= 11 is 5.90. The summed E-state index contributed by atoms with van der Waals surface area (Å²) in [4.78, 5) is 11.0. The van der Waals surface area contributed by atoms with E-state index < -0.39 is 0 Å². The van der Waals surface area contributed by atoms with E-state index >= 15 is 0 Å². The van der Waals surface area contributed by atoms with Crippen molar-refractivity contribution in [1.82, 2.24) is 4.57 Å². The van der Waals surface area contributed by atoms with E-state index in [-0.39, 0.29) is 6.04 Å². The van der Waals surface area contributed by atoms with Crippen LogP contribution in [0, 0.1) is 13.8 Å². The fraction of sp³-hybridized carbons (Fsp3) is 0.267. The lowest BCUT2D eigenvalue weighted by Gasteiger charge is -2.19. The minimum atomic E-state index is 0.191. The van der Waals surface area contributed by atoms with Gasteiger partial charge in [-0.15, -0.1) is 0 Å². The lowest BCUT2D eigenvalue weighted by molar-refractivity contribution is 0.112. The fourth-order valence-corrected chi connectivity index (χ4v) is 2.53. The Balaban J connectivity index is 2.45. The van der Waals surface area contributed by atoms with Gasteiger partial charge in [0.25, 0.3) is 0 Å². The summed E-state index contributed by atoms with van der Waals surface area (Å²) < 4.78 is 2.17. The van der Waals surface area contributed by atoms with Crippen LogP contribution in [-0.4, -0.2) is 10.9 Å². The van der Waals surface area contributed by atoms with E-state index in [9.17, 15) is 4.79 Å². The molecule has 18 heavy (non-hydrogen) atoms. The molecule has 2 rings (SSSR count). The van der Waals surface area contributed by atoms with Gasteiger partial charge in [0.15, 0.2) is 6.29 Å².